The molecule has 0 saturated carbocycles. The van der Waals surface area contributed by atoms with Gasteiger partial charge in [-0.1, -0.05) is 59.7 Å². The maximum absolute atomic E-state index is 13.3. The Balaban J connectivity index is 1.81. The minimum atomic E-state index is -3.99. The summed E-state index contributed by atoms with van der Waals surface area (Å²) in [4.78, 5) is 23.2. The summed E-state index contributed by atoms with van der Waals surface area (Å²) in [6, 6.07) is 19.7. The molecule has 9 nitrogen and oxygen atoms in total. The van der Waals surface area contributed by atoms with Crippen LogP contribution in [0.5, 0.6) is 0 Å². The van der Waals surface area contributed by atoms with Gasteiger partial charge in [-0.3, -0.25) is 14.9 Å². The van der Waals surface area contributed by atoms with Crippen molar-refractivity contribution in [3.63, 3.8) is 0 Å². The number of amides is 1. The molecule has 0 radical (unpaired) electrons. The number of carbonyl (C=O) groups excluding carboxylic acids is 1. The van der Waals surface area contributed by atoms with Crippen LogP contribution in [0.4, 0.5) is 5.69 Å². The SMILES string of the molecule is Cc1ccc(S(=O)(=O)N(CC(=O)N/N=C\c2ccccc2[N+](=O)[O-])Cc2cccc(C)c2)cc1. The average molecular weight is 481 g/mol. The second-order valence-electron chi connectivity index (χ2n) is 7.68. The fraction of sp³-hybridized carbons (Fsp3) is 0.167. The van der Waals surface area contributed by atoms with Crippen molar-refractivity contribution in [3.05, 3.63) is 105 Å². The molecule has 0 heterocycles. The summed E-state index contributed by atoms with van der Waals surface area (Å²) in [7, 11) is -3.99. The number of nitrogens with one attached hydrogen (secondary N) is 1. The Kier molecular flexibility index (Phi) is 7.87. The standard InChI is InChI=1S/C24H24N4O5S/c1-18-10-12-22(13-11-18)34(32,33)27(16-20-7-5-6-19(2)14-20)17-24(29)26-25-15-21-8-3-4-9-23(21)28(30)31/h3-15H,16-17H2,1-2H3,(H,26,29)/b25-15-. The summed E-state index contributed by atoms with van der Waals surface area (Å²) >= 11 is 0. The van der Waals surface area contributed by atoms with Gasteiger partial charge in [-0.2, -0.15) is 9.41 Å². The van der Waals surface area contributed by atoms with Crippen molar-refractivity contribution in [2.75, 3.05) is 6.54 Å². The average Bonchev–Trinajstić information content (AvgIpc) is 2.79. The minimum Gasteiger partial charge on any atom is -0.272 e. The van der Waals surface area contributed by atoms with Crippen LogP contribution in [0.1, 0.15) is 22.3 Å². The van der Waals surface area contributed by atoms with Gasteiger partial charge < -0.3 is 0 Å². The van der Waals surface area contributed by atoms with Gasteiger partial charge in [-0.25, -0.2) is 13.8 Å². The Morgan fingerprint density at radius 2 is 1.74 bits per heavy atom. The van der Waals surface area contributed by atoms with Crippen LogP contribution in [0.2, 0.25) is 0 Å². The lowest BCUT2D eigenvalue weighted by Crippen LogP contribution is -2.39. The van der Waals surface area contributed by atoms with Gasteiger partial charge in [0.05, 0.1) is 28.1 Å². The van der Waals surface area contributed by atoms with Gasteiger partial charge in [0, 0.05) is 12.6 Å². The predicted octanol–water partition coefficient (Wildman–Crippen LogP) is 3.55. The highest BCUT2D eigenvalue weighted by Crippen LogP contribution is 2.20. The Bertz CT molecular complexity index is 1320. The molecule has 0 aromatic heterocycles. The number of sulfonamides is 1. The summed E-state index contributed by atoms with van der Waals surface area (Å²) in [5.74, 6) is -0.682. The molecule has 0 saturated heterocycles. The van der Waals surface area contributed by atoms with Crippen molar-refractivity contribution in [2.24, 2.45) is 5.10 Å². The maximum Gasteiger partial charge on any atom is 0.278 e. The third-order valence-corrected chi connectivity index (χ3v) is 6.75. The second kappa shape index (κ2) is 10.8. The van der Waals surface area contributed by atoms with E-state index in [0.717, 1.165) is 27.2 Å². The van der Waals surface area contributed by atoms with Crippen LogP contribution >= 0.6 is 0 Å². The van der Waals surface area contributed by atoms with Gasteiger partial charge in [0.2, 0.25) is 10.0 Å². The highest BCUT2D eigenvalue weighted by Gasteiger charge is 2.27. The molecule has 0 bridgehead atoms. The van der Waals surface area contributed by atoms with Gasteiger partial charge in [-0.05, 0) is 37.6 Å². The summed E-state index contributed by atoms with van der Waals surface area (Å²) in [5.41, 5.74) is 4.90. The maximum atomic E-state index is 13.3. The molecule has 0 atom stereocenters. The summed E-state index contributed by atoms with van der Waals surface area (Å²) in [6.07, 6.45) is 1.15. The van der Waals surface area contributed by atoms with Gasteiger partial charge in [0.15, 0.2) is 0 Å². The van der Waals surface area contributed by atoms with Crippen LogP contribution in [-0.2, 0) is 21.4 Å². The van der Waals surface area contributed by atoms with Crippen LogP contribution in [0, 0.1) is 24.0 Å². The normalized spacial score (nSPS) is 11.6. The molecule has 3 rings (SSSR count). The van der Waals surface area contributed by atoms with E-state index in [0.29, 0.717) is 0 Å². The molecule has 3 aromatic carbocycles. The van der Waals surface area contributed by atoms with E-state index >= 15 is 0 Å². The predicted molar refractivity (Wildman–Crippen MR) is 129 cm³/mol. The molecule has 0 aliphatic heterocycles. The zero-order chi connectivity index (χ0) is 24.7. The van der Waals surface area contributed by atoms with Crippen molar-refractivity contribution in [2.45, 2.75) is 25.3 Å². The molecule has 176 valence electrons. The van der Waals surface area contributed by atoms with Crippen molar-refractivity contribution in [1.29, 1.82) is 0 Å². The molecule has 0 spiro atoms. The topological polar surface area (TPSA) is 122 Å². The van der Waals surface area contributed by atoms with E-state index in [-0.39, 0.29) is 22.7 Å². The number of hydrogen-bond acceptors (Lipinski definition) is 6. The monoisotopic (exact) mass is 480 g/mol. The number of rotatable bonds is 9. The first kappa shape index (κ1) is 24.7. The van der Waals surface area contributed by atoms with E-state index in [9.17, 15) is 23.3 Å². The van der Waals surface area contributed by atoms with Crippen LogP contribution in [0.3, 0.4) is 0 Å². The Hall–Kier alpha value is -3.89. The molecule has 3 aromatic rings. The number of benzene rings is 3. The fourth-order valence-corrected chi connectivity index (χ4v) is 4.62. The lowest BCUT2D eigenvalue weighted by atomic mass is 10.1. The van der Waals surface area contributed by atoms with Crippen molar-refractivity contribution >= 4 is 27.8 Å². The molecule has 34 heavy (non-hydrogen) atoms. The molecule has 0 aliphatic rings. The third-order valence-electron chi connectivity index (χ3n) is 4.95. The quantitative estimate of drug-likeness (QED) is 0.285. The number of carbonyl (C=O) groups is 1. The first-order chi connectivity index (χ1) is 16.2. The lowest BCUT2D eigenvalue weighted by molar-refractivity contribution is -0.385. The molecule has 1 amide bonds. The molecule has 0 aliphatic carbocycles. The van der Waals surface area contributed by atoms with Gasteiger partial charge in [0.25, 0.3) is 11.6 Å². The van der Waals surface area contributed by atoms with Crippen LogP contribution in [-0.4, -0.2) is 36.3 Å². The van der Waals surface area contributed by atoms with E-state index in [4.69, 9.17) is 0 Å². The number of nitro groups is 1. The highest BCUT2D eigenvalue weighted by molar-refractivity contribution is 7.89. The first-order valence-corrected chi connectivity index (χ1v) is 11.8. The van der Waals surface area contributed by atoms with Gasteiger partial charge >= 0.3 is 0 Å². The summed E-state index contributed by atoms with van der Waals surface area (Å²) in [6.45, 7) is 3.24. The zero-order valence-corrected chi connectivity index (χ0v) is 19.5. The van der Waals surface area contributed by atoms with Crippen LogP contribution in [0.15, 0.2) is 82.8 Å². The number of hydrogen-bond donors (Lipinski definition) is 1. The van der Waals surface area contributed by atoms with Crippen molar-refractivity contribution in [3.8, 4) is 0 Å². The van der Waals surface area contributed by atoms with Crippen LogP contribution < -0.4 is 5.43 Å². The molecular weight excluding hydrogens is 456 g/mol. The molecule has 0 unspecified atom stereocenters. The number of nitrogens with zero attached hydrogens (tertiary/aromatic N) is 3. The van der Waals surface area contributed by atoms with Crippen molar-refractivity contribution < 1.29 is 18.1 Å². The number of para-hydroxylation sites is 1. The van der Waals surface area contributed by atoms with E-state index in [1.165, 1.54) is 30.3 Å². The van der Waals surface area contributed by atoms with Gasteiger partial charge in [-0.15, -0.1) is 0 Å². The first-order valence-electron chi connectivity index (χ1n) is 10.3. The van der Waals surface area contributed by atoms with Crippen LogP contribution in [0.25, 0.3) is 0 Å². The summed E-state index contributed by atoms with van der Waals surface area (Å²) in [5, 5.41) is 14.9. The van der Waals surface area contributed by atoms with Gasteiger partial charge in [0.1, 0.15) is 0 Å². The highest BCUT2D eigenvalue weighted by atomic mass is 32.2. The fourth-order valence-electron chi connectivity index (χ4n) is 3.23. The summed E-state index contributed by atoms with van der Waals surface area (Å²) < 4.78 is 27.7. The molecule has 1 N–H and O–H groups in total. The smallest absolute Gasteiger partial charge is 0.272 e. The van der Waals surface area contributed by atoms with Crippen molar-refractivity contribution in [1.82, 2.24) is 9.73 Å². The largest absolute Gasteiger partial charge is 0.278 e. The molecule has 0 fully saturated rings. The zero-order valence-electron chi connectivity index (χ0n) is 18.7. The van der Waals surface area contributed by atoms with E-state index in [1.54, 1.807) is 24.3 Å². The van der Waals surface area contributed by atoms with E-state index in [1.807, 2.05) is 32.0 Å². The third kappa shape index (κ3) is 6.33. The minimum absolute atomic E-state index is 0.0147. The molecule has 10 heteroatoms. The van der Waals surface area contributed by atoms with E-state index < -0.39 is 27.4 Å². The lowest BCUT2D eigenvalue weighted by Gasteiger charge is -2.22. The Morgan fingerprint density at radius 3 is 2.41 bits per heavy atom. The number of aryl methyl sites for hydroxylation is 2. The second-order valence-corrected chi connectivity index (χ2v) is 9.62. The Morgan fingerprint density at radius 1 is 1.03 bits per heavy atom. The number of nitro benzene ring substituents is 1. The Labute approximate surface area is 197 Å². The number of hydrazone groups is 1. The molecular formula is C24H24N4O5S. The van der Waals surface area contributed by atoms with E-state index in [2.05, 4.69) is 10.5 Å².